The van der Waals surface area contributed by atoms with Gasteiger partial charge >= 0.3 is 5.97 Å². The van der Waals surface area contributed by atoms with Gasteiger partial charge in [-0.3, -0.25) is 4.79 Å². The van der Waals surface area contributed by atoms with Gasteiger partial charge in [-0.15, -0.1) is 0 Å². The van der Waals surface area contributed by atoms with Gasteiger partial charge < -0.3 is 9.84 Å². The van der Waals surface area contributed by atoms with Gasteiger partial charge in [-0.25, -0.2) is 0 Å². The monoisotopic (exact) mass is 244 g/mol. The molecule has 0 amide bonds. The first-order valence-corrected chi connectivity index (χ1v) is 6.03. The molecule has 0 aromatic heterocycles. The number of rotatable bonds is 4. The molecule has 0 aliphatic heterocycles. The molecule has 94 valence electrons. The van der Waals surface area contributed by atoms with Crippen LogP contribution in [0.25, 0.3) is 10.8 Å². The lowest BCUT2D eigenvalue weighted by atomic mass is 9.99. The third kappa shape index (κ3) is 2.68. The van der Waals surface area contributed by atoms with Crippen molar-refractivity contribution in [1.29, 1.82) is 0 Å². The van der Waals surface area contributed by atoms with Crippen molar-refractivity contribution in [3.63, 3.8) is 0 Å². The van der Waals surface area contributed by atoms with Crippen LogP contribution >= 0.6 is 0 Å². The summed E-state index contributed by atoms with van der Waals surface area (Å²) in [6.45, 7) is 2.09. The molecule has 3 heteroatoms. The second kappa shape index (κ2) is 5.65. The van der Waals surface area contributed by atoms with E-state index in [-0.39, 0.29) is 12.4 Å². The van der Waals surface area contributed by atoms with Crippen LogP contribution in [-0.4, -0.2) is 17.7 Å². The fourth-order valence-corrected chi connectivity index (χ4v) is 2.03. The molecular weight excluding hydrogens is 228 g/mol. The minimum Gasteiger partial charge on any atom is -0.466 e. The van der Waals surface area contributed by atoms with Crippen LogP contribution in [0.2, 0.25) is 0 Å². The number of ether oxygens (including phenoxy) is 1. The summed E-state index contributed by atoms with van der Waals surface area (Å²) in [7, 11) is 0. The maximum absolute atomic E-state index is 11.4. The first kappa shape index (κ1) is 12.6. The van der Waals surface area contributed by atoms with Gasteiger partial charge in [-0.1, -0.05) is 42.5 Å². The summed E-state index contributed by atoms with van der Waals surface area (Å²) in [6, 6.07) is 13.5. The van der Waals surface area contributed by atoms with Crippen LogP contribution < -0.4 is 0 Å². The second-order valence-electron chi connectivity index (χ2n) is 4.09. The van der Waals surface area contributed by atoms with Crippen LogP contribution in [0.1, 0.15) is 25.0 Å². The van der Waals surface area contributed by atoms with E-state index in [0.29, 0.717) is 6.61 Å². The summed E-state index contributed by atoms with van der Waals surface area (Å²) in [5.74, 6) is -0.377. The SMILES string of the molecule is CCOC(=O)CC(O)c1cccc2ccccc12. The average molecular weight is 244 g/mol. The number of carbonyl (C=O) groups excluding carboxylic acids is 1. The third-order valence-corrected chi connectivity index (χ3v) is 2.85. The van der Waals surface area contributed by atoms with Crippen molar-refractivity contribution in [3.8, 4) is 0 Å². The summed E-state index contributed by atoms with van der Waals surface area (Å²) in [5.41, 5.74) is 0.765. The normalized spacial score (nSPS) is 12.3. The molecular formula is C15H16O3. The number of benzene rings is 2. The van der Waals surface area contributed by atoms with Crippen molar-refractivity contribution in [3.05, 3.63) is 48.0 Å². The van der Waals surface area contributed by atoms with Crippen LogP contribution in [0.5, 0.6) is 0 Å². The van der Waals surface area contributed by atoms with E-state index in [2.05, 4.69) is 0 Å². The minimum absolute atomic E-state index is 0.0121. The van der Waals surface area contributed by atoms with Crippen molar-refractivity contribution >= 4 is 16.7 Å². The Balaban J connectivity index is 2.27. The predicted octanol–water partition coefficient (Wildman–Crippen LogP) is 2.83. The number of hydrogen-bond donors (Lipinski definition) is 1. The van der Waals surface area contributed by atoms with E-state index in [1.165, 1.54) is 0 Å². The molecule has 1 N–H and O–H groups in total. The Kier molecular flexibility index (Phi) is 3.95. The van der Waals surface area contributed by atoms with E-state index < -0.39 is 6.10 Å². The van der Waals surface area contributed by atoms with Crippen LogP contribution in [0, 0.1) is 0 Å². The molecule has 3 nitrogen and oxygen atoms in total. The zero-order valence-corrected chi connectivity index (χ0v) is 10.3. The third-order valence-electron chi connectivity index (χ3n) is 2.85. The van der Waals surface area contributed by atoms with Crippen molar-refractivity contribution in [2.75, 3.05) is 6.61 Å². The molecule has 1 atom stereocenters. The minimum atomic E-state index is -0.824. The maximum atomic E-state index is 11.4. The first-order chi connectivity index (χ1) is 8.72. The molecule has 18 heavy (non-hydrogen) atoms. The van der Waals surface area contributed by atoms with Gasteiger partial charge in [0.1, 0.15) is 0 Å². The molecule has 2 aromatic rings. The summed E-state index contributed by atoms with van der Waals surface area (Å²) in [6.07, 6.45) is -0.836. The van der Waals surface area contributed by atoms with Crippen LogP contribution in [0.3, 0.4) is 0 Å². The average Bonchev–Trinajstić information content (AvgIpc) is 2.38. The topological polar surface area (TPSA) is 46.5 Å². The lowest BCUT2D eigenvalue weighted by molar-refractivity contribution is -0.145. The van der Waals surface area contributed by atoms with Crippen molar-refractivity contribution < 1.29 is 14.6 Å². The number of esters is 1. The Bertz CT molecular complexity index is 543. The van der Waals surface area contributed by atoms with E-state index in [9.17, 15) is 9.90 Å². The molecule has 0 saturated carbocycles. The quantitative estimate of drug-likeness (QED) is 0.841. The van der Waals surface area contributed by atoms with Gasteiger partial charge in [-0.05, 0) is 23.3 Å². The molecule has 0 aliphatic carbocycles. The zero-order chi connectivity index (χ0) is 13.0. The molecule has 0 radical (unpaired) electrons. The summed E-state index contributed by atoms with van der Waals surface area (Å²) in [5, 5.41) is 12.1. The predicted molar refractivity (Wildman–Crippen MR) is 70.2 cm³/mol. The van der Waals surface area contributed by atoms with Gasteiger partial charge in [0.2, 0.25) is 0 Å². The fourth-order valence-electron chi connectivity index (χ4n) is 2.03. The molecule has 0 saturated heterocycles. The van der Waals surface area contributed by atoms with E-state index in [4.69, 9.17) is 4.74 Å². The van der Waals surface area contributed by atoms with E-state index >= 15 is 0 Å². The van der Waals surface area contributed by atoms with E-state index in [1.54, 1.807) is 6.92 Å². The Morgan fingerprint density at radius 1 is 1.22 bits per heavy atom. The number of hydrogen-bond acceptors (Lipinski definition) is 3. The molecule has 0 heterocycles. The Morgan fingerprint density at radius 3 is 2.72 bits per heavy atom. The standard InChI is InChI=1S/C15H16O3/c1-2-18-15(17)10-14(16)13-9-5-7-11-6-3-4-8-12(11)13/h3-9,14,16H,2,10H2,1H3. The fraction of sp³-hybridized carbons (Fsp3) is 0.267. The van der Waals surface area contributed by atoms with Crippen molar-refractivity contribution in [2.24, 2.45) is 0 Å². The van der Waals surface area contributed by atoms with Gasteiger partial charge in [0.05, 0.1) is 19.1 Å². The maximum Gasteiger partial charge on any atom is 0.308 e. The number of aliphatic hydroxyl groups is 1. The van der Waals surface area contributed by atoms with Gasteiger partial charge in [0, 0.05) is 0 Å². The Morgan fingerprint density at radius 2 is 1.94 bits per heavy atom. The largest absolute Gasteiger partial charge is 0.466 e. The lowest BCUT2D eigenvalue weighted by Gasteiger charge is -2.13. The highest BCUT2D eigenvalue weighted by molar-refractivity contribution is 5.86. The molecule has 0 fully saturated rings. The number of fused-ring (bicyclic) bond motifs is 1. The highest BCUT2D eigenvalue weighted by Crippen LogP contribution is 2.26. The highest BCUT2D eigenvalue weighted by Gasteiger charge is 2.15. The van der Waals surface area contributed by atoms with E-state index in [0.717, 1.165) is 16.3 Å². The molecule has 0 bridgehead atoms. The van der Waals surface area contributed by atoms with Gasteiger partial charge in [-0.2, -0.15) is 0 Å². The van der Waals surface area contributed by atoms with Crippen LogP contribution in [-0.2, 0) is 9.53 Å². The van der Waals surface area contributed by atoms with E-state index in [1.807, 2.05) is 42.5 Å². The first-order valence-electron chi connectivity index (χ1n) is 6.03. The summed E-state index contributed by atoms with van der Waals surface area (Å²) >= 11 is 0. The van der Waals surface area contributed by atoms with Crippen molar-refractivity contribution in [1.82, 2.24) is 0 Å². The molecule has 0 spiro atoms. The molecule has 0 aliphatic rings. The van der Waals surface area contributed by atoms with Crippen LogP contribution in [0.4, 0.5) is 0 Å². The van der Waals surface area contributed by atoms with Crippen LogP contribution in [0.15, 0.2) is 42.5 Å². The Hall–Kier alpha value is -1.87. The number of aliphatic hydroxyl groups excluding tert-OH is 1. The molecule has 2 rings (SSSR count). The van der Waals surface area contributed by atoms with Gasteiger partial charge in [0.25, 0.3) is 0 Å². The number of carbonyl (C=O) groups is 1. The Labute approximate surface area is 106 Å². The summed E-state index contributed by atoms with van der Waals surface area (Å²) in [4.78, 5) is 11.4. The lowest BCUT2D eigenvalue weighted by Crippen LogP contribution is -2.10. The molecule has 1 unspecified atom stereocenters. The van der Waals surface area contributed by atoms with Crippen molar-refractivity contribution in [2.45, 2.75) is 19.4 Å². The molecule has 2 aromatic carbocycles. The summed E-state index contributed by atoms with van der Waals surface area (Å²) < 4.78 is 4.85. The highest BCUT2D eigenvalue weighted by atomic mass is 16.5. The zero-order valence-electron chi connectivity index (χ0n) is 10.3. The second-order valence-corrected chi connectivity index (χ2v) is 4.09. The smallest absolute Gasteiger partial charge is 0.308 e. The van der Waals surface area contributed by atoms with Gasteiger partial charge in [0.15, 0.2) is 0 Å².